The van der Waals surface area contributed by atoms with Gasteiger partial charge in [-0.1, -0.05) is 15.9 Å². The van der Waals surface area contributed by atoms with Crippen molar-refractivity contribution in [1.29, 1.82) is 0 Å². The summed E-state index contributed by atoms with van der Waals surface area (Å²) >= 11 is 3.16. The lowest BCUT2D eigenvalue weighted by Crippen LogP contribution is -2.08. The quantitative estimate of drug-likeness (QED) is 0.872. The molecule has 1 aliphatic carbocycles. The van der Waals surface area contributed by atoms with Crippen LogP contribution in [0.2, 0.25) is 0 Å². The van der Waals surface area contributed by atoms with E-state index in [9.17, 15) is 14.6 Å². The van der Waals surface area contributed by atoms with E-state index in [-0.39, 0.29) is 5.75 Å². The smallest absolute Gasteiger partial charge is 0.194 e. The number of phenolic OH excluding ortho intramolecular Hbond substituents is 1. The van der Waals surface area contributed by atoms with Crippen LogP contribution in [0, 0.1) is 5.82 Å². The first-order valence-corrected chi connectivity index (χ1v) is 5.27. The summed E-state index contributed by atoms with van der Waals surface area (Å²) in [5.41, 5.74) is -0.570. The highest BCUT2D eigenvalue weighted by molar-refractivity contribution is 9.10. The molecule has 0 atom stereocenters. The van der Waals surface area contributed by atoms with Crippen LogP contribution in [-0.2, 0) is 5.60 Å². The maximum atomic E-state index is 13.2. The Kier molecular flexibility index (Phi) is 2.39. The van der Waals surface area contributed by atoms with E-state index in [1.165, 1.54) is 7.11 Å². The fraction of sp³-hybridized carbons (Fsp3) is 0.400. The van der Waals surface area contributed by atoms with E-state index >= 15 is 0 Å². The second-order valence-corrected chi connectivity index (χ2v) is 4.48. The highest BCUT2D eigenvalue weighted by Crippen LogP contribution is 2.54. The zero-order valence-electron chi connectivity index (χ0n) is 8.05. The SMILES string of the molecule is COc1c(O)c(F)cc(Br)c1C1(O)CC1. The first-order valence-electron chi connectivity index (χ1n) is 4.47. The molecule has 0 unspecified atom stereocenters. The van der Waals surface area contributed by atoms with Gasteiger partial charge in [0.1, 0.15) is 0 Å². The van der Waals surface area contributed by atoms with Crippen LogP contribution < -0.4 is 4.74 Å². The van der Waals surface area contributed by atoms with Gasteiger partial charge in [-0.15, -0.1) is 0 Å². The summed E-state index contributed by atoms with van der Waals surface area (Å²) in [5, 5.41) is 19.4. The summed E-state index contributed by atoms with van der Waals surface area (Å²) in [4.78, 5) is 0. The van der Waals surface area contributed by atoms with E-state index in [2.05, 4.69) is 15.9 Å². The number of methoxy groups -OCH3 is 1. The molecule has 1 aliphatic rings. The van der Waals surface area contributed by atoms with Gasteiger partial charge < -0.3 is 14.9 Å². The monoisotopic (exact) mass is 276 g/mol. The van der Waals surface area contributed by atoms with E-state index in [4.69, 9.17) is 4.74 Å². The van der Waals surface area contributed by atoms with Crippen LogP contribution in [0.1, 0.15) is 18.4 Å². The normalized spacial score (nSPS) is 17.6. The molecule has 3 nitrogen and oxygen atoms in total. The number of aliphatic hydroxyl groups is 1. The van der Waals surface area contributed by atoms with Crippen molar-refractivity contribution >= 4 is 15.9 Å². The number of benzene rings is 1. The Morgan fingerprint density at radius 3 is 2.60 bits per heavy atom. The molecular formula is C10H10BrFO3. The molecular weight excluding hydrogens is 267 g/mol. The molecule has 0 bridgehead atoms. The van der Waals surface area contributed by atoms with Gasteiger partial charge in [0.05, 0.1) is 12.7 Å². The lowest BCUT2D eigenvalue weighted by molar-refractivity contribution is 0.145. The minimum Gasteiger partial charge on any atom is -0.502 e. The van der Waals surface area contributed by atoms with E-state index in [1.807, 2.05) is 0 Å². The summed E-state index contributed by atoms with van der Waals surface area (Å²) in [6.07, 6.45) is 1.18. The zero-order valence-corrected chi connectivity index (χ0v) is 9.64. The molecule has 0 saturated heterocycles. The van der Waals surface area contributed by atoms with E-state index in [0.717, 1.165) is 6.07 Å². The van der Waals surface area contributed by atoms with Crippen LogP contribution in [0.4, 0.5) is 4.39 Å². The number of rotatable bonds is 2. The van der Waals surface area contributed by atoms with Gasteiger partial charge in [-0.25, -0.2) is 4.39 Å². The third kappa shape index (κ3) is 1.59. The molecule has 2 N–H and O–H groups in total. The standard InChI is InChI=1S/C10H10BrFO3/c1-15-9-7(10(14)2-3-10)5(11)4-6(12)8(9)13/h4,13-14H,2-3H2,1H3. The second kappa shape index (κ2) is 3.35. The molecule has 0 spiro atoms. The van der Waals surface area contributed by atoms with Crippen LogP contribution in [0.15, 0.2) is 10.5 Å². The molecule has 1 aromatic carbocycles. The van der Waals surface area contributed by atoms with Gasteiger partial charge in [-0.2, -0.15) is 0 Å². The average Bonchev–Trinajstić information content (AvgIpc) is 2.90. The first kappa shape index (κ1) is 10.7. The van der Waals surface area contributed by atoms with Crippen LogP contribution in [0.3, 0.4) is 0 Å². The predicted octanol–water partition coefficient (Wildman–Crippen LogP) is 2.28. The molecule has 1 aromatic rings. The number of aromatic hydroxyl groups is 1. The zero-order chi connectivity index (χ0) is 11.2. The summed E-state index contributed by atoms with van der Waals surface area (Å²) in [6, 6.07) is 1.13. The minimum atomic E-state index is -0.991. The summed E-state index contributed by atoms with van der Waals surface area (Å²) in [6.45, 7) is 0. The molecule has 0 aliphatic heterocycles. The van der Waals surface area contributed by atoms with Gasteiger partial charge in [0.2, 0.25) is 0 Å². The lowest BCUT2D eigenvalue weighted by atomic mass is 10.1. The van der Waals surface area contributed by atoms with Crippen LogP contribution in [0.25, 0.3) is 0 Å². The highest BCUT2D eigenvalue weighted by Gasteiger charge is 2.46. The van der Waals surface area contributed by atoms with Gasteiger partial charge >= 0.3 is 0 Å². The fourth-order valence-electron chi connectivity index (χ4n) is 1.59. The Labute approximate surface area is 94.6 Å². The van der Waals surface area contributed by atoms with Crippen molar-refractivity contribution in [3.05, 3.63) is 21.9 Å². The Morgan fingerprint density at radius 2 is 2.13 bits per heavy atom. The maximum absolute atomic E-state index is 13.2. The topological polar surface area (TPSA) is 49.7 Å². The van der Waals surface area contributed by atoms with Gasteiger partial charge in [-0.3, -0.25) is 0 Å². The van der Waals surface area contributed by atoms with Crippen molar-refractivity contribution in [1.82, 2.24) is 0 Å². The van der Waals surface area contributed by atoms with Crippen molar-refractivity contribution in [3.63, 3.8) is 0 Å². The highest BCUT2D eigenvalue weighted by atomic mass is 79.9. The molecule has 82 valence electrons. The van der Waals surface area contributed by atoms with Crippen LogP contribution in [-0.4, -0.2) is 17.3 Å². The largest absolute Gasteiger partial charge is 0.502 e. The molecule has 15 heavy (non-hydrogen) atoms. The van der Waals surface area contributed by atoms with Crippen molar-refractivity contribution in [2.75, 3.05) is 7.11 Å². The lowest BCUT2D eigenvalue weighted by Gasteiger charge is -2.16. The minimum absolute atomic E-state index is 0.00174. The van der Waals surface area contributed by atoms with Crippen LogP contribution in [0.5, 0.6) is 11.5 Å². The molecule has 5 heteroatoms. The van der Waals surface area contributed by atoms with Gasteiger partial charge in [0, 0.05) is 10.0 Å². The average molecular weight is 277 g/mol. The third-order valence-corrected chi connectivity index (χ3v) is 3.18. The van der Waals surface area contributed by atoms with E-state index in [0.29, 0.717) is 22.9 Å². The fourth-order valence-corrected chi connectivity index (χ4v) is 2.34. The van der Waals surface area contributed by atoms with Crippen molar-refractivity contribution in [3.8, 4) is 11.5 Å². The Hall–Kier alpha value is -0.810. The Morgan fingerprint density at radius 1 is 1.53 bits per heavy atom. The number of ether oxygens (including phenoxy) is 1. The number of hydrogen-bond donors (Lipinski definition) is 2. The van der Waals surface area contributed by atoms with E-state index in [1.54, 1.807) is 0 Å². The molecule has 0 radical (unpaired) electrons. The maximum Gasteiger partial charge on any atom is 0.194 e. The third-order valence-electron chi connectivity index (χ3n) is 2.55. The molecule has 1 fully saturated rings. The van der Waals surface area contributed by atoms with E-state index < -0.39 is 17.2 Å². The second-order valence-electron chi connectivity index (χ2n) is 3.63. The molecule has 2 rings (SSSR count). The Bertz CT molecular complexity index is 416. The number of hydrogen-bond acceptors (Lipinski definition) is 3. The summed E-state index contributed by atoms with van der Waals surface area (Å²) in [7, 11) is 1.33. The van der Waals surface area contributed by atoms with Crippen molar-refractivity contribution < 1.29 is 19.3 Å². The summed E-state index contributed by atoms with van der Waals surface area (Å²) < 4.78 is 18.5. The van der Waals surface area contributed by atoms with Gasteiger partial charge in [0.15, 0.2) is 17.3 Å². The first-order chi connectivity index (χ1) is 6.99. The van der Waals surface area contributed by atoms with Gasteiger partial charge in [-0.05, 0) is 18.9 Å². The van der Waals surface area contributed by atoms with Gasteiger partial charge in [0.25, 0.3) is 0 Å². The molecule has 0 heterocycles. The Balaban J connectivity index is 2.66. The van der Waals surface area contributed by atoms with Crippen molar-refractivity contribution in [2.45, 2.75) is 18.4 Å². The number of phenols is 1. The van der Waals surface area contributed by atoms with Crippen molar-refractivity contribution in [2.24, 2.45) is 0 Å². The molecule has 0 amide bonds. The molecule has 0 aromatic heterocycles. The molecule has 1 saturated carbocycles. The predicted molar refractivity (Wildman–Crippen MR) is 55.4 cm³/mol. The summed E-state index contributed by atoms with van der Waals surface area (Å²) in [5.74, 6) is -1.33. The number of halogens is 2. The van der Waals surface area contributed by atoms with Crippen LogP contribution >= 0.6 is 15.9 Å².